The smallest absolute Gasteiger partial charge is 0.292 e. The van der Waals surface area contributed by atoms with Crippen molar-refractivity contribution in [3.05, 3.63) is 28.5 Å². The predicted octanol–water partition coefficient (Wildman–Crippen LogP) is 3.36. The minimum absolute atomic E-state index is 0.105. The van der Waals surface area contributed by atoms with E-state index in [2.05, 4.69) is 4.98 Å². The molecular formula is C12H16ClNO3. The zero-order chi connectivity index (χ0) is 13.0. The molecule has 0 radical (unpaired) electrons. The Morgan fingerprint density at radius 2 is 2.00 bits per heavy atom. The fraction of sp³-hybridized carbons (Fsp3) is 0.500. The average molecular weight is 258 g/mol. The zero-order valence-corrected chi connectivity index (χ0v) is 11.1. The lowest BCUT2D eigenvalue weighted by atomic mass is 10.0. The van der Waals surface area contributed by atoms with Crippen molar-refractivity contribution >= 4 is 17.6 Å². The van der Waals surface area contributed by atoms with E-state index < -0.39 is 5.97 Å². The highest BCUT2D eigenvalue weighted by Gasteiger charge is 2.18. The summed E-state index contributed by atoms with van der Waals surface area (Å²) in [5.41, 5.74) is 0.986. The maximum atomic E-state index is 11.8. The average Bonchev–Trinajstić information content (AvgIpc) is 2.25. The summed E-state index contributed by atoms with van der Waals surface area (Å²) in [5, 5.41) is 0.394. The molecule has 0 saturated carbocycles. The predicted molar refractivity (Wildman–Crippen MR) is 65.0 cm³/mol. The quantitative estimate of drug-likeness (QED) is 0.613. The maximum absolute atomic E-state index is 11.8. The van der Waals surface area contributed by atoms with Gasteiger partial charge >= 0.3 is 5.97 Å². The van der Waals surface area contributed by atoms with Gasteiger partial charge in [0.05, 0.1) is 22.4 Å². The van der Waals surface area contributed by atoms with Crippen LogP contribution in [0.5, 0.6) is 0 Å². The number of halogens is 1. The van der Waals surface area contributed by atoms with Gasteiger partial charge in [-0.1, -0.05) is 25.4 Å². The van der Waals surface area contributed by atoms with Crippen LogP contribution in [-0.4, -0.2) is 17.1 Å². The van der Waals surface area contributed by atoms with Gasteiger partial charge < -0.3 is 0 Å². The van der Waals surface area contributed by atoms with Gasteiger partial charge in [0.25, 0.3) is 0 Å². The lowest BCUT2D eigenvalue weighted by molar-refractivity contribution is -0.265. The Balaban J connectivity index is 2.94. The molecule has 0 aromatic carbocycles. The van der Waals surface area contributed by atoms with Crippen molar-refractivity contribution in [3.63, 3.8) is 0 Å². The monoisotopic (exact) mass is 257 g/mol. The number of carbonyl (C=O) groups is 1. The molecule has 17 heavy (non-hydrogen) atoms. The molecular weight excluding hydrogens is 242 g/mol. The Bertz CT molecular complexity index is 405. The number of carbonyl (C=O) groups excluding carboxylic acids is 1. The molecule has 0 bridgehead atoms. The summed E-state index contributed by atoms with van der Waals surface area (Å²) in [7, 11) is 0. The highest BCUT2D eigenvalue weighted by Crippen LogP contribution is 2.21. The Hall–Kier alpha value is -1.13. The van der Waals surface area contributed by atoms with Crippen molar-refractivity contribution in [2.45, 2.75) is 39.7 Å². The topological polar surface area (TPSA) is 48.4 Å². The van der Waals surface area contributed by atoms with Crippen LogP contribution in [0.25, 0.3) is 0 Å². The fourth-order valence-corrected chi connectivity index (χ4v) is 1.42. The van der Waals surface area contributed by atoms with Crippen LogP contribution < -0.4 is 0 Å². The Labute approximate surface area is 106 Å². The molecule has 1 aromatic rings. The van der Waals surface area contributed by atoms with Crippen LogP contribution in [0.1, 0.15) is 49.7 Å². The molecule has 1 aromatic heterocycles. The van der Waals surface area contributed by atoms with E-state index in [9.17, 15) is 4.79 Å². The van der Waals surface area contributed by atoms with Crippen LogP contribution in [0, 0.1) is 0 Å². The van der Waals surface area contributed by atoms with Crippen molar-refractivity contribution in [2.24, 2.45) is 0 Å². The minimum Gasteiger partial charge on any atom is -0.292 e. The molecule has 0 aliphatic heterocycles. The standard InChI is InChI=1S/C12H16ClNO3/c1-7(2)11-10(5-9(13)6-14-11)12(15)17-16-8(3)4/h5-8H,1-4H3. The fourth-order valence-electron chi connectivity index (χ4n) is 1.26. The molecule has 0 spiro atoms. The molecule has 0 N–H and O–H groups in total. The number of aromatic nitrogens is 1. The van der Waals surface area contributed by atoms with E-state index in [1.54, 1.807) is 13.8 Å². The molecule has 0 amide bonds. The number of rotatable bonds is 4. The number of nitrogens with zero attached hydrogens (tertiary/aromatic N) is 1. The second-order valence-corrected chi connectivity index (χ2v) is 4.69. The summed E-state index contributed by atoms with van der Waals surface area (Å²) >= 11 is 5.82. The van der Waals surface area contributed by atoms with Crippen molar-refractivity contribution in [2.75, 3.05) is 0 Å². The Kier molecular flexibility index (Phi) is 4.90. The van der Waals surface area contributed by atoms with Crippen LogP contribution >= 0.6 is 11.6 Å². The van der Waals surface area contributed by atoms with Gasteiger partial charge in [0.2, 0.25) is 0 Å². The van der Waals surface area contributed by atoms with Gasteiger partial charge in [0, 0.05) is 6.20 Å². The van der Waals surface area contributed by atoms with E-state index in [4.69, 9.17) is 21.4 Å². The molecule has 1 rings (SSSR count). The van der Waals surface area contributed by atoms with Gasteiger partial charge in [0.15, 0.2) is 0 Å². The van der Waals surface area contributed by atoms with Gasteiger partial charge in [-0.15, -0.1) is 0 Å². The lowest BCUT2D eigenvalue weighted by Crippen LogP contribution is -2.14. The van der Waals surface area contributed by atoms with Crippen molar-refractivity contribution < 1.29 is 14.6 Å². The maximum Gasteiger partial charge on any atom is 0.374 e. The van der Waals surface area contributed by atoms with Crippen LogP contribution in [-0.2, 0) is 9.78 Å². The van der Waals surface area contributed by atoms with E-state index in [-0.39, 0.29) is 12.0 Å². The summed E-state index contributed by atoms with van der Waals surface area (Å²) < 4.78 is 0. The highest BCUT2D eigenvalue weighted by molar-refractivity contribution is 6.30. The van der Waals surface area contributed by atoms with Crippen LogP contribution in [0.15, 0.2) is 12.3 Å². The first-order valence-corrected chi connectivity index (χ1v) is 5.82. The SMILES string of the molecule is CC(C)OOC(=O)c1cc(Cl)cnc1C(C)C. The Morgan fingerprint density at radius 3 is 2.53 bits per heavy atom. The first-order chi connectivity index (χ1) is 7.91. The van der Waals surface area contributed by atoms with Crippen LogP contribution in [0.2, 0.25) is 5.02 Å². The molecule has 0 atom stereocenters. The van der Waals surface area contributed by atoms with Gasteiger partial charge in [0.1, 0.15) is 0 Å². The number of hydrogen-bond acceptors (Lipinski definition) is 4. The summed E-state index contributed by atoms with van der Waals surface area (Å²) in [6.45, 7) is 7.42. The van der Waals surface area contributed by atoms with Crippen LogP contribution in [0.4, 0.5) is 0 Å². The van der Waals surface area contributed by atoms with Gasteiger partial charge in [-0.3, -0.25) is 9.87 Å². The number of hydrogen-bond donors (Lipinski definition) is 0. The van der Waals surface area contributed by atoms with E-state index in [1.807, 2.05) is 13.8 Å². The summed E-state index contributed by atoms with van der Waals surface area (Å²) in [6.07, 6.45) is 1.32. The van der Waals surface area contributed by atoms with Gasteiger partial charge in [-0.05, 0) is 25.8 Å². The molecule has 4 nitrogen and oxygen atoms in total. The third kappa shape index (κ3) is 3.98. The molecule has 1 heterocycles. The molecule has 94 valence electrons. The molecule has 0 unspecified atom stereocenters. The van der Waals surface area contributed by atoms with E-state index in [1.165, 1.54) is 12.3 Å². The van der Waals surface area contributed by atoms with Gasteiger partial charge in [-0.25, -0.2) is 4.79 Å². The number of pyridine rings is 1. The van der Waals surface area contributed by atoms with E-state index in [0.29, 0.717) is 16.3 Å². The highest BCUT2D eigenvalue weighted by atomic mass is 35.5. The van der Waals surface area contributed by atoms with Crippen molar-refractivity contribution in [1.82, 2.24) is 4.98 Å². The second kappa shape index (κ2) is 5.98. The molecule has 0 fully saturated rings. The third-order valence-electron chi connectivity index (χ3n) is 1.97. The van der Waals surface area contributed by atoms with Gasteiger partial charge in [-0.2, -0.15) is 4.89 Å². The Morgan fingerprint density at radius 1 is 1.35 bits per heavy atom. The van der Waals surface area contributed by atoms with Crippen molar-refractivity contribution in [3.8, 4) is 0 Å². The summed E-state index contributed by atoms with van der Waals surface area (Å²) in [5.74, 6) is -0.466. The third-order valence-corrected chi connectivity index (χ3v) is 2.17. The van der Waals surface area contributed by atoms with E-state index >= 15 is 0 Å². The van der Waals surface area contributed by atoms with Crippen LogP contribution in [0.3, 0.4) is 0 Å². The van der Waals surface area contributed by atoms with Crippen molar-refractivity contribution in [1.29, 1.82) is 0 Å². The molecule has 0 aliphatic carbocycles. The van der Waals surface area contributed by atoms with E-state index in [0.717, 1.165) is 0 Å². The lowest BCUT2D eigenvalue weighted by Gasteiger charge is -2.11. The first kappa shape index (κ1) is 13.9. The normalized spacial score (nSPS) is 11.0. The minimum atomic E-state index is -0.572. The zero-order valence-electron chi connectivity index (χ0n) is 10.4. The first-order valence-electron chi connectivity index (χ1n) is 5.45. The largest absolute Gasteiger partial charge is 0.374 e. The second-order valence-electron chi connectivity index (χ2n) is 4.26. The summed E-state index contributed by atoms with van der Waals surface area (Å²) in [4.78, 5) is 25.4. The molecule has 0 aliphatic rings. The summed E-state index contributed by atoms with van der Waals surface area (Å²) in [6, 6.07) is 1.54. The molecule has 5 heteroatoms. The molecule has 0 saturated heterocycles.